The van der Waals surface area contributed by atoms with Gasteiger partial charge in [0.2, 0.25) is 0 Å². The monoisotopic (exact) mass is 241 g/mol. The molecule has 1 aromatic heterocycles. The number of aromatic nitrogens is 1. The van der Waals surface area contributed by atoms with Crippen LogP contribution in [-0.2, 0) is 0 Å². The first-order chi connectivity index (χ1) is 8.83. The van der Waals surface area contributed by atoms with Crippen molar-refractivity contribution in [2.45, 2.75) is 12.5 Å². The fourth-order valence-electron chi connectivity index (χ4n) is 2.02. The molecule has 0 radical (unpaired) electrons. The summed E-state index contributed by atoms with van der Waals surface area (Å²) in [6.07, 6.45) is 2.52. The van der Waals surface area contributed by atoms with E-state index in [0.29, 0.717) is 0 Å². The molecule has 0 aliphatic carbocycles. The van der Waals surface area contributed by atoms with Crippen LogP contribution in [-0.4, -0.2) is 10.7 Å². The van der Waals surface area contributed by atoms with Gasteiger partial charge in [0, 0.05) is 12.6 Å². The molecule has 18 heavy (non-hydrogen) atoms. The zero-order chi connectivity index (χ0) is 12.4. The third kappa shape index (κ3) is 2.09. The molecule has 1 aliphatic heterocycles. The molecule has 4 heteroatoms. The number of benzene rings is 1. The van der Waals surface area contributed by atoms with Gasteiger partial charge in [0.05, 0.1) is 17.4 Å². The van der Waals surface area contributed by atoms with Crippen molar-refractivity contribution in [3.05, 3.63) is 65.7 Å². The van der Waals surface area contributed by atoms with E-state index in [0.717, 1.165) is 23.4 Å². The lowest BCUT2D eigenvalue weighted by Gasteiger charge is -2.09. The van der Waals surface area contributed by atoms with Crippen LogP contribution in [0.4, 0.5) is 4.39 Å². The highest BCUT2D eigenvalue weighted by molar-refractivity contribution is 6.00. The summed E-state index contributed by atoms with van der Waals surface area (Å²) in [5.74, 6) is -0.220. The Hall–Kier alpha value is -2.23. The standard InChI is InChI=1S/C14H12FN3/c15-11-6-4-10(5-7-11)13-9-14(18-17-13)12-3-1-2-8-16-12/h1-8,13,17H,9H2. The minimum absolute atomic E-state index is 0.0996. The van der Waals surface area contributed by atoms with Gasteiger partial charge in [-0.3, -0.25) is 4.98 Å². The molecule has 2 heterocycles. The summed E-state index contributed by atoms with van der Waals surface area (Å²) in [6.45, 7) is 0. The maximum Gasteiger partial charge on any atom is 0.123 e. The number of nitrogens with one attached hydrogen (secondary N) is 1. The zero-order valence-corrected chi connectivity index (χ0v) is 9.68. The van der Waals surface area contributed by atoms with Gasteiger partial charge < -0.3 is 5.43 Å². The van der Waals surface area contributed by atoms with Crippen LogP contribution in [0.15, 0.2) is 53.8 Å². The van der Waals surface area contributed by atoms with Crippen LogP contribution in [0.25, 0.3) is 0 Å². The Morgan fingerprint density at radius 2 is 1.94 bits per heavy atom. The van der Waals surface area contributed by atoms with Crippen molar-refractivity contribution in [3.8, 4) is 0 Å². The number of halogens is 1. The molecule has 3 nitrogen and oxygen atoms in total. The van der Waals surface area contributed by atoms with E-state index >= 15 is 0 Å². The number of rotatable bonds is 2. The molecular formula is C14H12FN3. The van der Waals surface area contributed by atoms with Gasteiger partial charge in [-0.1, -0.05) is 18.2 Å². The lowest BCUT2D eigenvalue weighted by molar-refractivity contribution is 0.607. The molecule has 2 aromatic rings. The van der Waals surface area contributed by atoms with E-state index in [1.807, 2.05) is 18.2 Å². The number of pyridine rings is 1. The van der Waals surface area contributed by atoms with E-state index in [1.165, 1.54) is 12.1 Å². The largest absolute Gasteiger partial charge is 0.302 e. The van der Waals surface area contributed by atoms with Gasteiger partial charge in [0.15, 0.2) is 0 Å². The van der Waals surface area contributed by atoms with E-state index in [2.05, 4.69) is 15.5 Å². The molecule has 1 aromatic carbocycles. The Balaban J connectivity index is 1.76. The van der Waals surface area contributed by atoms with Crippen LogP contribution >= 0.6 is 0 Å². The highest BCUT2D eigenvalue weighted by atomic mass is 19.1. The van der Waals surface area contributed by atoms with Gasteiger partial charge in [-0.2, -0.15) is 5.10 Å². The van der Waals surface area contributed by atoms with E-state index < -0.39 is 0 Å². The molecule has 1 atom stereocenters. The van der Waals surface area contributed by atoms with Crippen LogP contribution < -0.4 is 5.43 Å². The third-order valence-corrected chi connectivity index (χ3v) is 2.99. The maximum atomic E-state index is 12.9. The lowest BCUT2D eigenvalue weighted by atomic mass is 10.0. The Bertz CT molecular complexity index is 563. The predicted molar refractivity (Wildman–Crippen MR) is 67.7 cm³/mol. The van der Waals surface area contributed by atoms with Crippen LogP contribution in [0, 0.1) is 5.82 Å². The second kappa shape index (κ2) is 4.56. The van der Waals surface area contributed by atoms with Crippen molar-refractivity contribution in [1.29, 1.82) is 0 Å². The molecule has 3 rings (SSSR count). The molecule has 1 unspecified atom stereocenters. The maximum absolute atomic E-state index is 12.9. The van der Waals surface area contributed by atoms with Crippen LogP contribution in [0.5, 0.6) is 0 Å². The second-order valence-electron chi connectivity index (χ2n) is 4.21. The number of nitrogens with zero attached hydrogens (tertiary/aromatic N) is 2. The number of hydrogen-bond acceptors (Lipinski definition) is 3. The lowest BCUT2D eigenvalue weighted by Crippen LogP contribution is -2.09. The average molecular weight is 241 g/mol. The topological polar surface area (TPSA) is 37.3 Å². The quantitative estimate of drug-likeness (QED) is 0.877. The SMILES string of the molecule is Fc1ccc(C2CC(c3ccccn3)=NN2)cc1. The minimum Gasteiger partial charge on any atom is -0.302 e. The number of hydrazone groups is 1. The van der Waals surface area contributed by atoms with E-state index in [9.17, 15) is 4.39 Å². The van der Waals surface area contributed by atoms with Crippen molar-refractivity contribution >= 4 is 5.71 Å². The van der Waals surface area contributed by atoms with Crippen molar-refractivity contribution in [2.24, 2.45) is 5.10 Å². The predicted octanol–water partition coefficient (Wildman–Crippen LogP) is 2.66. The smallest absolute Gasteiger partial charge is 0.123 e. The van der Waals surface area contributed by atoms with Crippen LogP contribution in [0.3, 0.4) is 0 Å². The molecule has 0 saturated heterocycles. The third-order valence-electron chi connectivity index (χ3n) is 2.99. The van der Waals surface area contributed by atoms with Gasteiger partial charge in [-0.15, -0.1) is 0 Å². The number of hydrogen-bond donors (Lipinski definition) is 1. The summed E-state index contributed by atoms with van der Waals surface area (Å²) in [7, 11) is 0. The first-order valence-electron chi connectivity index (χ1n) is 5.82. The zero-order valence-electron chi connectivity index (χ0n) is 9.68. The van der Waals surface area contributed by atoms with Gasteiger partial charge in [-0.25, -0.2) is 4.39 Å². The van der Waals surface area contributed by atoms with Gasteiger partial charge >= 0.3 is 0 Å². The first-order valence-corrected chi connectivity index (χ1v) is 5.82. The molecule has 0 bridgehead atoms. The van der Waals surface area contributed by atoms with E-state index in [1.54, 1.807) is 18.3 Å². The summed E-state index contributed by atoms with van der Waals surface area (Å²) in [4.78, 5) is 4.27. The van der Waals surface area contributed by atoms with Crippen molar-refractivity contribution in [2.75, 3.05) is 0 Å². The summed E-state index contributed by atoms with van der Waals surface area (Å²) < 4.78 is 12.9. The average Bonchev–Trinajstić information content (AvgIpc) is 2.90. The summed E-state index contributed by atoms with van der Waals surface area (Å²) in [6, 6.07) is 12.4. The Morgan fingerprint density at radius 3 is 2.67 bits per heavy atom. The van der Waals surface area contributed by atoms with E-state index in [-0.39, 0.29) is 11.9 Å². The highest BCUT2D eigenvalue weighted by Gasteiger charge is 2.21. The van der Waals surface area contributed by atoms with E-state index in [4.69, 9.17) is 0 Å². The molecular weight excluding hydrogens is 229 g/mol. The highest BCUT2D eigenvalue weighted by Crippen LogP contribution is 2.23. The van der Waals surface area contributed by atoms with Crippen molar-refractivity contribution in [1.82, 2.24) is 10.4 Å². The molecule has 0 amide bonds. The fourth-order valence-corrected chi connectivity index (χ4v) is 2.02. The fraction of sp³-hybridized carbons (Fsp3) is 0.143. The summed E-state index contributed by atoms with van der Waals surface area (Å²) in [5.41, 5.74) is 5.92. The summed E-state index contributed by atoms with van der Waals surface area (Å²) >= 11 is 0. The molecule has 0 spiro atoms. The Labute approximate surface area is 104 Å². The van der Waals surface area contributed by atoms with Crippen LogP contribution in [0.1, 0.15) is 23.7 Å². The molecule has 0 fully saturated rings. The van der Waals surface area contributed by atoms with Crippen molar-refractivity contribution < 1.29 is 4.39 Å². The summed E-state index contributed by atoms with van der Waals surface area (Å²) in [5, 5.41) is 4.30. The Morgan fingerprint density at radius 1 is 1.11 bits per heavy atom. The first kappa shape index (κ1) is 10.9. The van der Waals surface area contributed by atoms with Gasteiger partial charge in [0.25, 0.3) is 0 Å². The molecule has 1 N–H and O–H groups in total. The van der Waals surface area contributed by atoms with Crippen molar-refractivity contribution in [3.63, 3.8) is 0 Å². The molecule has 0 saturated carbocycles. The second-order valence-corrected chi connectivity index (χ2v) is 4.21. The van der Waals surface area contributed by atoms with Gasteiger partial charge in [-0.05, 0) is 29.8 Å². The molecule has 90 valence electrons. The molecule has 1 aliphatic rings. The minimum atomic E-state index is -0.220. The normalized spacial score (nSPS) is 18.3. The van der Waals surface area contributed by atoms with Gasteiger partial charge in [0.1, 0.15) is 5.82 Å². The van der Waals surface area contributed by atoms with Crippen LogP contribution in [0.2, 0.25) is 0 Å². The Kier molecular flexibility index (Phi) is 2.76.